The Hall–Kier alpha value is -4.44. The second-order valence-electron chi connectivity index (χ2n) is 7.58. The van der Waals surface area contributed by atoms with Gasteiger partial charge in [0, 0.05) is 11.6 Å². The quantitative estimate of drug-likeness (QED) is 0.317. The van der Waals surface area contributed by atoms with Crippen molar-refractivity contribution in [3.8, 4) is 28.4 Å². The predicted molar refractivity (Wildman–Crippen MR) is 136 cm³/mol. The van der Waals surface area contributed by atoms with Crippen molar-refractivity contribution < 1.29 is 32.7 Å². The number of nitrogens with zero attached hydrogens (tertiary/aromatic N) is 2. The number of carbonyl (C=O) groups excluding carboxylic acids is 2. The Bertz CT molecular complexity index is 1480. The first-order valence-corrected chi connectivity index (χ1v) is 12.2. The number of ether oxygens (including phenoxy) is 4. The maximum atomic E-state index is 13.9. The summed E-state index contributed by atoms with van der Waals surface area (Å²) in [6.07, 6.45) is 0. The van der Waals surface area contributed by atoms with Crippen LogP contribution >= 0.6 is 0 Å². The van der Waals surface area contributed by atoms with Crippen LogP contribution in [0.1, 0.15) is 20.8 Å². The summed E-state index contributed by atoms with van der Waals surface area (Å²) in [7, 11) is 3.63. The van der Waals surface area contributed by atoms with E-state index in [1.807, 2.05) is 6.07 Å². The van der Waals surface area contributed by atoms with Crippen molar-refractivity contribution in [3.63, 3.8) is 0 Å². The molecule has 1 aromatic heterocycles. The number of benzene rings is 3. The van der Waals surface area contributed by atoms with Gasteiger partial charge in [-0.15, -0.1) is 0 Å². The minimum Gasteiger partial charge on any atom is -0.497 e. The molecule has 4 rings (SSSR count). The maximum Gasteiger partial charge on any atom is 0.357 e. The van der Waals surface area contributed by atoms with Gasteiger partial charge in [-0.25, -0.2) is 18.5 Å². The normalized spacial score (nSPS) is 11.5. The molecule has 0 radical (unpaired) electrons. The highest BCUT2D eigenvalue weighted by Crippen LogP contribution is 2.37. The molecule has 0 N–H and O–H groups in total. The Morgan fingerprint density at radius 2 is 1.46 bits per heavy atom. The zero-order valence-electron chi connectivity index (χ0n) is 20.6. The largest absolute Gasteiger partial charge is 0.497 e. The fourth-order valence-electron chi connectivity index (χ4n) is 3.81. The molecular formula is C27H24N2O7S. The van der Waals surface area contributed by atoms with Crippen molar-refractivity contribution in [1.29, 1.82) is 0 Å². The molecule has 0 spiro atoms. The Morgan fingerprint density at radius 1 is 0.784 bits per heavy atom. The van der Waals surface area contributed by atoms with Gasteiger partial charge in [0.15, 0.2) is 5.69 Å². The van der Waals surface area contributed by atoms with Gasteiger partial charge < -0.3 is 18.9 Å². The van der Waals surface area contributed by atoms with E-state index in [4.69, 9.17) is 18.9 Å². The van der Waals surface area contributed by atoms with E-state index in [0.29, 0.717) is 32.5 Å². The smallest absolute Gasteiger partial charge is 0.357 e. The Morgan fingerprint density at radius 3 is 2.11 bits per heavy atom. The topological polar surface area (TPSA) is 106 Å². The lowest BCUT2D eigenvalue weighted by molar-refractivity contribution is 0.0549. The number of aromatic nitrogens is 2. The van der Waals surface area contributed by atoms with Crippen molar-refractivity contribution >= 4 is 22.7 Å². The SMILES string of the molecule is COC(=O)c1c(-c2ccccc2S(=O)c2cc(OC)ccc2OC)nn(-c2ccccc2)c1C(=O)OC. The van der Waals surface area contributed by atoms with Gasteiger partial charge in [-0.05, 0) is 30.3 Å². The summed E-state index contributed by atoms with van der Waals surface area (Å²) in [6, 6.07) is 20.6. The average molecular weight is 521 g/mol. The predicted octanol–water partition coefficient (Wildman–Crippen LogP) is 4.30. The van der Waals surface area contributed by atoms with Crippen LogP contribution in [0.5, 0.6) is 11.5 Å². The van der Waals surface area contributed by atoms with Crippen LogP contribution in [0.2, 0.25) is 0 Å². The minimum atomic E-state index is -1.78. The van der Waals surface area contributed by atoms with Crippen LogP contribution < -0.4 is 9.47 Å². The summed E-state index contributed by atoms with van der Waals surface area (Å²) >= 11 is 0. The lowest BCUT2D eigenvalue weighted by Gasteiger charge is -2.13. The summed E-state index contributed by atoms with van der Waals surface area (Å²) in [5.41, 5.74) is 0.774. The van der Waals surface area contributed by atoms with E-state index in [9.17, 15) is 13.8 Å². The zero-order chi connectivity index (χ0) is 26.5. The molecule has 3 aromatic carbocycles. The van der Waals surface area contributed by atoms with Crippen LogP contribution in [-0.2, 0) is 20.3 Å². The van der Waals surface area contributed by atoms with Crippen molar-refractivity contribution in [1.82, 2.24) is 9.78 Å². The number of hydrogen-bond donors (Lipinski definition) is 0. The average Bonchev–Trinajstić information content (AvgIpc) is 3.36. The number of carbonyl (C=O) groups is 2. The number of esters is 2. The molecule has 0 saturated heterocycles. The standard InChI is InChI=1S/C27H24N2O7S/c1-33-18-14-15-20(34-2)22(16-18)37(32)21-13-9-8-12-19(21)24-23(26(30)35-3)25(27(31)36-4)29(28-24)17-10-6-5-7-11-17/h5-16H,1-4H3. The number of hydrogen-bond acceptors (Lipinski definition) is 8. The van der Waals surface area contributed by atoms with E-state index >= 15 is 0 Å². The third-order valence-electron chi connectivity index (χ3n) is 5.57. The molecule has 4 aromatic rings. The zero-order valence-corrected chi connectivity index (χ0v) is 21.4. The lowest BCUT2D eigenvalue weighted by atomic mass is 10.1. The van der Waals surface area contributed by atoms with Gasteiger partial charge in [-0.3, -0.25) is 0 Å². The monoisotopic (exact) mass is 520 g/mol. The van der Waals surface area contributed by atoms with Gasteiger partial charge in [-0.1, -0.05) is 36.4 Å². The van der Waals surface area contributed by atoms with Crippen molar-refractivity contribution in [2.45, 2.75) is 9.79 Å². The molecule has 10 heteroatoms. The van der Waals surface area contributed by atoms with Gasteiger partial charge in [0.1, 0.15) is 22.8 Å². The van der Waals surface area contributed by atoms with Gasteiger partial charge >= 0.3 is 11.9 Å². The first kappa shape index (κ1) is 25.6. The van der Waals surface area contributed by atoms with Crippen LogP contribution in [0.4, 0.5) is 0 Å². The van der Waals surface area contributed by atoms with Crippen LogP contribution in [0.15, 0.2) is 82.6 Å². The summed E-state index contributed by atoms with van der Waals surface area (Å²) in [5, 5.41) is 4.63. The fraction of sp³-hybridized carbons (Fsp3) is 0.148. The molecule has 37 heavy (non-hydrogen) atoms. The highest BCUT2D eigenvalue weighted by atomic mass is 32.2. The highest BCUT2D eigenvalue weighted by Gasteiger charge is 2.33. The molecule has 1 heterocycles. The Balaban J connectivity index is 2.01. The third-order valence-corrected chi connectivity index (χ3v) is 7.04. The van der Waals surface area contributed by atoms with E-state index in [1.54, 1.807) is 66.7 Å². The summed E-state index contributed by atoms with van der Waals surface area (Å²) < 4.78 is 36.0. The van der Waals surface area contributed by atoms with Crippen molar-refractivity contribution in [2.24, 2.45) is 0 Å². The van der Waals surface area contributed by atoms with Crippen LogP contribution in [0.3, 0.4) is 0 Å². The van der Waals surface area contributed by atoms with Gasteiger partial charge in [0.2, 0.25) is 0 Å². The van der Waals surface area contributed by atoms with Gasteiger partial charge in [0.25, 0.3) is 0 Å². The first-order valence-electron chi connectivity index (χ1n) is 11.0. The van der Waals surface area contributed by atoms with Crippen LogP contribution in [-0.4, -0.2) is 54.4 Å². The molecule has 0 amide bonds. The Kier molecular flexibility index (Phi) is 7.69. The van der Waals surface area contributed by atoms with E-state index in [-0.39, 0.29) is 17.0 Å². The van der Waals surface area contributed by atoms with Crippen molar-refractivity contribution in [2.75, 3.05) is 28.4 Å². The minimum absolute atomic E-state index is 0.111. The lowest BCUT2D eigenvalue weighted by Crippen LogP contribution is -2.15. The van der Waals surface area contributed by atoms with Gasteiger partial charge in [-0.2, -0.15) is 5.10 Å². The molecule has 9 nitrogen and oxygen atoms in total. The van der Waals surface area contributed by atoms with Crippen LogP contribution in [0, 0.1) is 0 Å². The molecule has 1 unspecified atom stereocenters. The van der Waals surface area contributed by atoms with E-state index in [1.165, 1.54) is 33.1 Å². The summed E-state index contributed by atoms with van der Waals surface area (Å²) in [5.74, 6) is -0.682. The first-order chi connectivity index (χ1) is 17.9. The van der Waals surface area contributed by atoms with E-state index in [0.717, 1.165) is 0 Å². The van der Waals surface area contributed by atoms with E-state index < -0.39 is 22.7 Å². The fourth-order valence-corrected chi connectivity index (χ4v) is 5.18. The molecule has 190 valence electrons. The van der Waals surface area contributed by atoms with Crippen molar-refractivity contribution in [3.05, 3.63) is 84.1 Å². The number of rotatable bonds is 8. The van der Waals surface area contributed by atoms with Gasteiger partial charge in [0.05, 0.1) is 54.7 Å². The molecular weight excluding hydrogens is 496 g/mol. The Labute approximate surface area is 216 Å². The summed E-state index contributed by atoms with van der Waals surface area (Å²) in [6.45, 7) is 0. The second-order valence-corrected chi connectivity index (χ2v) is 9.00. The van der Waals surface area contributed by atoms with Crippen LogP contribution in [0.25, 0.3) is 16.9 Å². The third kappa shape index (κ3) is 4.83. The molecule has 0 fully saturated rings. The number of methoxy groups -OCH3 is 4. The molecule has 0 aliphatic carbocycles. The number of para-hydroxylation sites is 1. The second kappa shape index (κ2) is 11.1. The maximum absolute atomic E-state index is 13.9. The molecule has 0 aliphatic rings. The summed E-state index contributed by atoms with van der Waals surface area (Å²) in [4.78, 5) is 26.6. The molecule has 0 aliphatic heterocycles. The molecule has 1 atom stereocenters. The highest BCUT2D eigenvalue weighted by molar-refractivity contribution is 7.85. The van der Waals surface area contributed by atoms with E-state index in [2.05, 4.69) is 5.10 Å². The molecule has 0 saturated carbocycles. The molecule has 0 bridgehead atoms.